The number of likely N-dealkylation sites (N-methyl/N-ethyl adjacent to an activating group) is 1. The topological polar surface area (TPSA) is 92.1 Å². The van der Waals surface area contributed by atoms with E-state index >= 15 is 0 Å². The van der Waals surface area contributed by atoms with Gasteiger partial charge >= 0.3 is 0 Å². The second-order valence-corrected chi connectivity index (χ2v) is 4.77. The standard InChI is InChI=1S/C15H21N5O2/c1-3-16-8-9-17-14(21)10-18-13-6-4-12(5-7-13)15-19-11(2)22-20-15/h4-7,16,18H,3,8-10H2,1-2H3,(H,17,21). The molecule has 1 aromatic heterocycles. The molecule has 22 heavy (non-hydrogen) atoms. The minimum Gasteiger partial charge on any atom is -0.376 e. The van der Waals surface area contributed by atoms with Crippen molar-refractivity contribution in [3.8, 4) is 11.4 Å². The first kappa shape index (κ1) is 16.0. The van der Waals surface area contributed by atoms with Crippen LogP contribution in [0.3, 0.4) is 0 Å². The monoisotopic (exact) mass is 303 g/mol. The summed E-state index contributed by atoms with van der Waals surface area (Å²) >= 11 is 0. The van der Waals surface area contributed by atoms with E-state index in [0.29, 0.717) is 18.3 Å². The van der Waals surface area contributed by atoms with Gasteiger partial charge in [0.2, 0.25) is 17.6 Å². The summed E-state index contributed by atoms with van der Waals surface area (Å²) in [4.78, 5) is 15.8. The maximum Gasteiger partial charge on any atom is 0.239 e. The zero-order valence-corrected chi connectivity index (χ0v) is 12.8. The number of nitrogens with zero attached hydrogens (tertiary/aromatic N) is 2. The number of carbonyl (C=O) groups excluding carboxylic acids is 1. The summed E-state index contributed by atoms with van der Waals surface area (Å²) in [6, 6.07) is 7.53. The molecule has 7 heteroatoms. The zero-order chi connectivity index (χ0) is 15.8. The van der Waals surface area contributed by atoms with Gasteiger partial charge in [-0.1, -0.05) is 12.1 Å². The number of nitrogens with one attached hydrogen (secondary N) is 3. The molecular formula is C15H21N5O2. The average molecular weight is 303 g/mol. The number of benzene rings is 1. The second kappa shape index (κ2) is 8.14. The van der Waals surface area contributed by atoms with E-state index < -0.39 is 0 Å². The first-order chi connectivity index (χ1) is 10.7. The Bertz CT molecular complexity index is 594. The highest BCUT2D eigenvalue weighted by Gasteiger charge is 2.05. The first-order valence-corrected chi connectivity index (χ1v) is 7.31. The van der Waals surface area contributed by atoms with E-state index in [9.17, 15) is 4.79 Å². The fourth-order valence-electron chi connectivity index (χ4n) is 1.87. The number of aryl methyl sites for hydroxylation is 1. The number of aromatic nitrogens is 2. The summed E-state index contributed by atoms with van der Waals surface area (Å²) in [5.74, 6) is 1.06. The van der Waals surface area contributed by atoms with Gasteiger partial charge in [0, 0.05) is 31.3 Å². The predicted molar refractivity (Wildman–Crippen MR) is 84.5 cm³/mol. The van der Waals surface area contributed by atoms with E-state index in [1.807, 2.05) is 31.2 Å². The third-order valence-corrected chi connectivity index (χ3v) is 3.00. The van der Waals surface area contributed by atoms with Gasteiger partial charge in [0.05, 0.1) is 6.54 Å². The molecule has 0 saturated carbocycles. The van der Waals surface area contributed by atoms with Crippen molar-refractivity contribution in [1.29, 1.82) is 0 Å². The van der Waals surface area contributed by atoms with Gasteiger partial charge in [-0.3, -0.25) is 4.79 Å². The molecule has 0 bridgehead atoms. The van der Waals surface area contributed by atoms with Crippen LogP contribution in [-0.2, 0) is 4.79 Å². The third-order valence-electron chi connectivity index (χ3n) is 3.00. The van der Waals surface area contributed by atoms with Crippen LogP contribution in [0.4, 0.5) is 5.69 Å². The lowest BCUT2D eigenvalue weighted by Gasteiger charge is -2.08. The van der Waals surface area contributed by atoms with Crippen molar-refractivity contribution < 1.29 is 9.32 Å². The van der Waals surface area contributed by atoms with Crippen LogP contribution in [0, 0.1) is 6.92 Å². The molecule has 0 aliphatic heterocycles. The van der Waals surface area contributed by atoms with Crippen LogP contribution < -0.4 is 16.0 Å². The number of amides is 1. The van der Waals surface area contributed by atoms with Crippen LogP contribution in [0.15, 0.2) is 28.8 Å². The number of rotatable bonds is 8. The Morgan fingerprint density at radius 2 is 2.00 bits per heavy atom. The average Bonchev–Trinajstić information content (AvgIpc) is 2.96. The molecule has 1 amide bonds. The van der Waals surface area contributed by atoms with Gasteiger partial charge in [0.25, 0.3) is 0 Å². The molecular weight excluding hydrogens is 282 g/mol. The van der Waals surface area contributed by atoms with Crippen molar-refractivity contribution in [2.45, 2.75) is 13.8 Å². The molecule has 3 N–H and O–H groups in total. The lowest BCUT2D eigenvalue weighted by atomic mass is 10.2. The summed E-state index contributed by atoms with van der Waals surface area (Å²) in [7, 11) is 0. The largest absolute Gasteiger partial charge is 0.376 e. The SMILES string of the molecule is CCNCCNC(=O)CNc1ccc(-c2noc(C)n2)cc1. The van der Waals surface area contributed by atoms with Crippen molar-refractivity contribution in [2.75, 3.05) is 31.5 Å². The van der Waals surface area contributed by atoms with Gasteiger partial charge in [0.1, 0.15) is 0 Å². The zero-order valence-electron chi connectivity index (χ0n) is 12.8. The van der Waals surface area contributed by atoms with Crippen molar-refractivity contribution in [1.82, 2.24) is 20.8 Å². The molecule has 118 valence electrons. The lowest BCUT2D eigenvalue weighted by molar-refractivity contribution is -0.119. The first-order valence-electron chi connectivity index (χ1n) is 7.31. The van der Waals surface area contributed by atoms with Crippen LogP contribution >= 0.6 is 0 Å². The molecule has 0 saturated heterocycles. The van der Waals surface area contributed by atoms with Crippen LogP contribution in [0.1, 0.15) is 12.8 Å². The highest BCUT2D eigenvalue weighted by atomic mass is 16.5. The molecule has 0 aliphatic rings. The summed E-state index contributed by atoms with van der Waals surface area (Å²) in [6.07, 6.45) is 0. The van der Waals surface area contributed by atoms with Crippen LogP contribution in [-0.4, -0.2) is 42.2 Å². The van der Waals surface area contributed by atoms with Crippen LogP contribution in [0.25, 0.3) is 11.4 Å². The highest BCUT2D eigenvalue weighted by molar-refractivity contribution is 5.80. The second-order valence-electron chi connectivity index (χ2n) is 4.77. The molecule has 0 unspecified atom stereocenters. The Labute approximate surface area is 129 Å². The van der Waals surface area contributed by atoms with Crippen molar-refractivity contribution in [3.05, 3.63) is 30.2 Å². The number of carbonyl (C=O) groups is 1. The highest BCUT2D eigenvalue weighted by Crippen LogP contribution is 2.18. The molecule has 2 rings (SSSR count). The van der Waals surface area contributed by atoms with Crippen molar-refractivity contribution in [3.63, 3.8) is 0 Å². The van der Waals surface area contributed by atoms with E-state index in [2.05, 4.69) is 26.1 Å². The lowest BCUT2D eigenvalue weighted by Crippen LogP contribution is -2.35. The summed E-state index contributed by atoms with van der Waals surface area (Å²) in [6.45, 7) is 6.34. The molecule has 0 atom stereocenters. The van der Waals surface area contributed by atoms with Crippen LogP contribution in [0.5, 0.6) is 0 Å². The van der Waals surface area contributed by atoms with E-state index in [1.165, 1.54) is 0 Å². The van der Waals surface area contributed by atoms with Gasteiger partial charge in [-0.25, -0.2) is 0 Å². The molecule has 1 aromatic carbocycles. The predicted octanol–water partition coefficient (Wildman–Crippen LogP) is 1.18. The van der Waals surface area contributed by atoms with Gasteiger partial charge < -0.3 is 20.5 Å². The Hall–Kier alpha value is -2.41. The van der Waals surface area contributed by atoms with E-state index in [0.717, 1.165) is 24.3 Å². The normalized spacial score (nSPS) is 10.5. The Morgan fingerprint density at radius 1 is 1.23 bits per heavy atom. The van der Waals surface area contributed by atoms with E-state index in [1.54, 1.807) is 6.92 Å². The number of hydrogen-bond acceptors (Lipinski definition) is 6. The summed E-state index contributed by atoms with van der Waals surface area (Å²) in [5.41, 5.74) is 1.74. The maximum atomic E-state index is 11.6. The minimum absolute atomic E-state index is 0.0317. The summed E-state index contributed by atoms with van der Waals surface area (Å²) in [5, 5.41) is 12.9. The fourth-order valence-corrected chi connectivity index (χ4v) is 1.87. The molecule has 0 spiro atoms. The number of anilines is 1. The van der Waals surface area contributed by atoms with Gasteiger partial charge in [-0.2, -0.15) is 4.98 Å². The molecule has 7 nitrogen and oxygen atoms in total. The Morgan fingerprint density at radius 3 is 2.64 bits per heavy atom. The molecule has 0 radical (unpaired) electrons. The van der Waals surface area contributed by atoms with E-state index in [4.69, 9.17) is 4.52 Å². The Balaban J connectivity index is 1.78. The smallest absolute Gasteiger partial charge is 0.239 e. The molecule has 0 fully saturated rings. The molecule has 2 aromatic rings. The summed E-state index contributed by atoms with van der Waals surface area (Å²) < 4.78 is 4.95. The number of hydrogen-bond donors (Lipinski definition) is 3. The van der Waals surface area contributed by atoms with Crippen molar-refractivity contribution in [2.24, 2.45) is 0 Å². The molecule has 0 aliphatic carbocycles. The van der Waals surface area contributed by atoms with E-state index in [-0.39, 0.29) is 12.5 Å². The van der Waals surface area contributed by atoms with Gasteiger partial charge in [-0.15, -0.1) is 0 Å². The molecule has 1 heterocycles. The van der Waals surface area contributed by atoms with Crippen LogP contribution in [0.2, 0.25) is 0 Å². The van der Waals surface area contributed by atoms with Gasteiger partial charge in [0.15, 0.2) is 0 Å². The quantitative estimate of drug-likeness (QED) is 0.634. The third kappa shape index (κ3) is 4.85. The van der Waals surface area contributed by atoms with Crippen molar-refractivity contribution >= 4 is 11.6 Å². The maximum absolute atomic E-state index is 11.6. The minimum atomic E-state index is -0.0317. The Kier molecular flexibility index (Phi) is 5.91. The fraction of sp³-hybridized carbons (Fsp3) is 0.400. The van der Waals surface area contributed by atoms with Gasteiger partial charge in [-0.05, 0) is 30.8 Å².